The van der Waals surface area contributed by atoms with E-state index in [1.807, 2.05) is 0 Å². The Kier molecular flexibility index (Phi) is 3.42. The molecule has 0 aliphatic heterocycles. The molecule has 0 unspecified atom stereocenters. The maximum Gasteiger partial charge on any atom is 0.336 e. The smallest absolute Gasteiger partial charge is 0.336 e. The Morgan fingerprint density at radius 3 is 2.26 bits per heavy atom. The summed E-state index contributed by atoms with van der Waals surface area (Å²) in [5.41, 5.74) is 1.08. The van der Waals surface area contributed by atoms with Crippen molar-refractivity contribution in [2.45, 2.75) is 6.92 Å². The fourth-order valence-corrected chi connectivity index (χ4v) is 1.95. The molecule has 0 bridgehead atoms. The Balaban J connectivity index is 2.72. The molecule has 0 saturated carbocycles. The third-order valence-corrected chi connectivity index (χ3v) is 2.81. The summed E-state index contributed by atoms with van der Waals surface area (Å²) >= 11 is 0. The molecule has 2 aromatic rings. The van der Waals surface area contributed by atoms with E-state index in [4.69, 9.17) is 5.11 Å². The van der Waals surface area contributed by atoms with Crippen LogP contribution in [0.25, 0.3) is 11.1 Å². The van der Waals surface area contributed by atoms with Crippen molar-refractivity contribution in [3.8, 4) is 11.1 Å². The van der Waals surface area contributed by atoms with Gasteiger partial charge in [0.1, 0.15) is 5.82 Å². The molecule has 0 saturated heterocycles. The second-order valence-corrected chi connectivity index (χ2v) is 4.10. The van der Waals surface area contributed by atoms with Crippen LogP contribution >= 0.6 is 0 Å². The number of carboxylic acids is 1. The minimum Gasteiger partial charge on any atom is -0.478 e. The van der Waals surface area contributed by atoms with Crippen LogP contribution in [0.3, 0.4) is 0 Å². The number of ketones is 1. The number of hydrogen-bond donors (Lipinski definition) is 1. The first kappa shape index (κ1) is 13.0. The van der Waals surface area contributed by atoms with Crippen LogP contribution in [0, 0.1) is 5.82 Å². The predicted octanol–water partition coefficient (Wildman–Crippen LogP) is 3.39. The van der Waals surface area contributed by atoms with Crippen LogP contribution in [0.5, 0.6) is 0 Å². The minimum absolute atomic E-state index is 0.0802. The van der Waals surface area contributed by atoms with Gasteiger partial charge >= 0.3 is 5.97 Å². The van der Waals surface area contributed by atoms with Gasteiger partial charge < -0.3 is 5.11 Å². The number of hydrogen-bond acceptors (Lipinski definition) is 2. The van der Waals surface area contributed by atoms with Crippen molar-refractivity contribution >= 4 is 11.8 Å². The van der Waals surface area contributed by atoms with Crippen molar-refractivity contribution in [2.75, 3.05) is 0 Å². The Hall–Kier alpha value is -2.49. The quantitative estimate of drug-likeness (QED) is 0.858. The summed E-state index contributed by atoms with van der Waals surface area (Å²) in [4.78, 5) is 22.7. The lowest BCUT2D eigenvalue weighted by Crippen LogP contribution is -2.03. The highest BCUT2D eigenvalue weighted by molar-refractivity contribution is 6.04. The molecule has 0 amide bonds. The highest BCUT2D eigenvalue weighted by atomic mass is 19.1. The van der Waals surface area contributed by atoms with Crippen molar-refractivity contribution in [3.05, 3.63) is 59.4 Å². The first-order valence-corrected chi connectivity index (χ1v) is 5.64. The van der Waals surface area contributed by atoms with E-state index < -0.39 is 11.8 Å². The monoisotopic (exact) mass is 258 g/mol. The maximum absolute atomic E-state index is 13.2. The summed E-state index contributed by atoms with van der Waals surface area (Å²) in [5.74, 6) is -1.93. The van der Waals surface area contributed by atoms with Gasteiger partial charge in [-0.25, -0.2) is 9.18 Å². The molecule has 2 aromatic carbocycles. The second kappa shape index (κ2) is 5.02. The Bertz CT molecular complexity index is 662. The number of carboxylic acid groups (broad SMARTS) is 1. The van der Waals surface area contributed by atoms with E-state index in [1.165, 1.54) is 25.1 Å². The zero-order chi connectivity index (χ0) is 14.0. The third-order valence-electron chi connectivity index (χ3n) is 2.81. The van der Waals surface area contributed by atoms with Crippen LogP contribution in [0.15, 0.2) is 42.5 Å². The van der Waals surface area contributed by atoms with E-state index in [1.54, 1.807) is 18.2 Å². The summed E-state index contributed by atoms with van der Waals surface area (Å²) in [7, 11) is 0. The van der Waals surface area contributed by atoms with Gasteiger partial charge in [-0.2, -0.15) is 0 Å². The number of carbonyl (C=O) groups is 2. The van der Waals surface area contributed by atoms with E-state index in [0.29, 0.717) is 11.1 Å². The molecular weight excluding hydrogens is 247 g/mol. The molecule has 3 nitrogen and oxygen atoms in total. The van der Waals surface area contributed by atoms with Gasteiger partial charge in [0.2, 0.25) is 0 Å². The molecule has 0 aliphatic rings. The minimum atomic E-state index is -1.09. The lowest BCUT2D eigenvalue weighted by molar-refractivity contribution is 0.0697. The summed E-state index contributed by atoms with van der Waals surface area (Å²) in [5, 5.41) is 9.15. The van der Waals surface area contributed by atoms with Gasteiger partial charge in [-0.15, -0.1) is 0 Å². The fraction of sp³-hybridized carbons (Fsp3) is 0.0667. The van der Waals surface area contributed by atoms with E-state index in [0.717, 1.165) is 6.07 Å². The zero-order valence-corrected chi connectivity index (χ0v) is 10.2. The molecule has 0 aliphatic carbocycles. The summed E-state index contributed by atoms with van der Waals surface area (Å²) < 4.78 is 13.2. The molecule has 0 atom stereocenters. The predicted molar refractivity (Wildman–Crippen MR) is 68.8 cm³/mol. The van der Waals surface area contributed by atoms with E-state index in [2.05, 4.69) is 0 Å². The molecule has 1 N–H and O–H groups in total. The number of halogens is 1. The van der Waals surface area contributed by atoms with Gasteiger partial charge in [-0.1, -0.05) is 24.3 Å². The van der Waals surface area contributed by atoms with E-state index >= 15 is 0 Å². The molecule has 4 heteroatoms. The average molecular weight is 258 g/mol. The molecule has 0 fully saturated rings. The summed E-state index contributed by atoms with van der Waals surface area (Å²) in [6.45, 7) is 1.32. The van der Waals surface area contributed by atoms with Crippen LogP contribution in [0.1, 0.15) is 27.6 Å². The van der Waals surface area contributed by atoms with Crippen LogP contribution in [0.2, 0.25) is 0 Å². The average Bonchev–Trinajstić information content (AvgIpc) is 2.38. The molecule has 19 heavy (non-hydrogen) atoms. The Labute approximate surface area is 109 Å². The van der Waals surface area contributed by atoms with Gasteiger partial charge in [0, 0.05) is 5.56 Å². The van der Waals surface area contributed by atoms with Crippen LogP contribution in [-0.4, -0.2) is 16.9 Å². The van der Waals surface area contributed by atoms with Gasteiger partial charge in [-0.05, 0) is 36.2 Å². The molecule has 2 rings (SSSR count). The fourth-order valence-electron chi connectivity index (χ4n) is 1.95. The van der Waals surface area contributed by atoms with Gasteiger partial charge in [-0.3, -0.25) is 4.79 Å². The second-order valence-electron chi connectivity index (χ2n) is 4.10. The van der Waals surface area contributed by atoms with Gasteiger partial charge in [0.15, 0.2) is 5.78 Å². The maximum atomic E-state index is 13.2. The first-order chi connectivity index (χ1) is 9.00. The molecule has 0 aromatic heterocycles. The highest BCUT2D eigenvalue weighted by Crippen LogP contribution is 2.28. The highest BCUT2D eigenvalue weighted by Gasteiger charge is 2.16. The van der Waals surface area contributed by atoms with Crippen molar-refractivity contribution in [1.29, 1.82) is 0 Å². The largest absolute Gasteiger partial charge is 0.478 e. The zero-order valence-electron chi connectivity index (χ0n) is 10.2. The number of Topliss-reactive ketones (excluding diaryl/α,β-unsaturated/α-hetero) is 1. The normalized spacial score (nSPS) is 10.2. The van der Waals surface area contributed by atoms with Crippen molar-refractivity contribution in [3.63, 3.8) is 0 Å². The lowest BCUT2D eigenvalue weighted by atomic mass is 9.94. The van der Waals surface area contributed by atoms with Gasteiger partial charge in [0.25, 0.3) is 0 Å². The number of rotatable bonds is 3. The SMILES string of the molecule is CC(=O)c1cc(F)ccc1-c1ccccc1C(=O)O. The third kappa shape index (κ3) is 2.52. The lowest BCUT2D eigenvalue weighted by Gasteiger charge is -2.10. The van der Waals surface area contributed by atoms with E-state index in [-0.39, 0.29) is 16.9 Å². The molecule has 0 heterocycles. The summed E-state index contributed by atoms with van der Waals surface area (Å²) in [6, 6.07) is 10.1. The van der Waals surface area contributed by atoms with Crippen LogP contribution < -0.4 is 0 Å². The molecule has 96 valence electrons. The van der Waals surface area contributed by atoms with Crippen LogP contribution in [0.4, 0.5) is 4.39 Å². The Morgan fingerprint density at radius 2 is 1.63 bits per heavy atom. The number of benzene rings is 2. The Morgan fingerprint density at radius 1 is 1.00 bits per heavy atom. The molecular formula is C15H11FO3. The number of aromatic carboxylic acids is 1. The molecule has 0 spiro atoms. The van der Waals surface area contributed by atoms with E-state index in [9.17, 15) is 14.0 Å². The van der Waals surface area contributed by atoms with Crippen molar-refractivity contribution in [1.82, 2.24) is 0 Å². The number of carbonyl (C=O) groups excluding carboxylic acids is 1. The standard InChI is InChI=1S/C15H11FO3/c1-9(17)14-8-10(16)6-7-12(14)11-4-2-3-5-13(11)15(18)19/h2-8H,1H3,(H,18,19). The van der Waals surface area contributed by atoms with Crippen molar-refractivity contribution in [2.24, 2.45) is 0 Å². The topological polar surface area (TPSA) is 54.4 Å². The van der Waals surface area contributed by atoms with Crippen molar-refractivity contribution < 1.29 is 19.1 Å². The van der Waals surface area contributed by atoms with Crippen LogP contribution in [-0.2, 0) is 0 Å². The summed E-state index contributed by atoms with van der Waals surface area (Å²) in [6.07, 6.45) is 0. The molecule has 0 radical (unpaired) electrons. The first-order valence-electron chi connectivity index (χ1n) is 5.64. The van der Waals surface area contributed by atoms with Gasteiger partial charge in [0.05, 0.1) is 5.56 Å².